The number of hydrogen-bond acceptors (Lipinski definition) is 3. The van der Waals surface area contributed by atoms with Gasteiger partial charge in [-0.05, 0) is 25.2 Å². The van der Waals surface area contributed by atoms with Crippen LogP contribution in [0.3, 0.4) is 0 Å². The van der Waals surface area contributed by atoms with E-state index in [1.54, 1.807) is 0 Å². The van der Waals surface area contributed by atoms with Crippen molar-refractivity contribution in [2.45, 2.75) is 44.6 Å². The van der Waals surface area contributed by atoms with Crippen molar-refractivity contribution < 1.29 is 8.42 Å². The van der Waals surface area contributed by atoms with Crippen LogP contribution in [-0.4, -0.2) is 38.5 Å². The van der Waals surface area contributed by atoms with Crippen LogP contribution in [0.5, 0.6) is 0 Å². The van der Waals surface area contributed by atoms with Crippen LogP contribution in [0.2, 0.25) is 0 Å². The lowest BCUT2D eigenvalue weighted by atomic mass is 9.96. The van der Waals surface area contributed by atoms with Crippen molar-refractivity contribution in [3.8, 4) is 0 Å². The molecule has 0 bridgehead atoms. The molecule has 0 spiro atoms. The summed E-state index contributed by atoms with van der Waals surface area (Å²) < 4.78 is 22.6. The fraction of sp³-hybridized carbons (Fsp3) is 0.917. The first kappa shape index (κ1) is 13.6. The van der Waals surface area contributed by atoms with Gasteiger partial charge in [0.1, 0.15) is 0 Å². The molecular weight excluding hydrogens is 250 g/mol. The summed E-state index contributed by atoms with van der Waals surface area (Å²) in [5.41, 5.74) is 5.84. The first-order valence-corrected chi connectivity index (χ1v) is 8.64. The van der Waals surface area contributed by atoms with Gasteiger partial charge in [-0.15, -0.1) is 0 Å². The first-order valence-electron chi connectivity index (χ1n) is 6.82. The van der Waals surface area contributed by atoms with E-state index in [0.717, 1.165) is 19.3 Å². The Morgan fingerprint density at radius 1 is 1.22 bits per heavy atom. The average molecular weight is 273 g/mol. The van der Waals surface area contributed by atoms with Crippen LogP contribution < -0.4 is 11.1 Å². The number of guanidine groups is 1. The Morgan fingerprint density at radius 3 is 2.56 bits per heavy atom. The molecule has 1 heterocycles. The number of nitrogens with two attached hydrogens (primary N) is 1. The molecule has 1 atom stereocenters. The van der Waals surface area contributed by atoms with Gasteiger partial charge in [-0.25, -0.2) is 8.42 Å². The summed E-state index contributed by atoms with van der Waals surface area (Å²) in [7, 11) is -2.80. The highest BCUT2D eigenvalue weighted by Gasteiger charge is 2.27. The molecule has 0 aromatic rings. The summed E-state index contributed by atoms with van der Waals surface area (Å²) in [4.78, 5) is 4.28. The average Bonchev–Trinajstić information content (AvgIpc) is 2.68. The van der Waals surface area contributed by atoms with Gasteiger partial charge in [0.2, 0.25) is 0 Å². The Morgan fingerprint density at radius 2 is 1.94 bits per heavy atom. The fourth-order valence-corrected chi connectivity index (χ4v) is 4.59. The van der Waals surface area contributed by atoms with Gasteiger partial charge in [0, 0.05) is 12.6 Å². The van der Waals surface area contributed by atoms with Gasteiger partial charge in [-0.2, -0.15) is 0 Å². The van der Waals surface area contributed by atoms with Crippen LogP contribution in [0.15, 0.2) is 4.99 Å². The van der Waals surface area contributed by atoms with Crippen molar-refractivity contribution >= 4 is 15.8 Å². The van der Waals surface area contributed by atoms with Gasteiger partial charge in [-0.3, -0.25) is 4.99 Å². The Kier molecular flexibility index (Phi) is 4.48. The molecule has 0 aromatic carbocycles. The maximum Gasteiger partial charge on any atom is 0.188 e. The number of rotatable bonds is 3. The van der Waals surface area contributed by atoms with Crippen molar-refractivity contribution in [1.82, 2.24) is 5.32 Å². The highest BCUT2D eigenvalue weighted by Crippen LogP contribution is 2.19. The largest absolute Gasteiger partial charge is 0.370 e. The van der Waals surface area contributed by atoms with Gasteiger partial charge in [0.15, 0.2) is 15.8 Å². The van der Waals surface area contributed by atoms with E-state index in [4.69, 9.17) is 5.73 Å². The van der Waals surface area contributed by atoms with Crippen molar-refractivity contribution in [3.05, 3.63) is 0 Å². The first-order chi connectivity index (χ1) is 8.55. The van der Waals surface area contributed by atoms with Gasteiger partial charge < -0.3 is 11.1 Å². The summed E-state index contributed by atoms with van der Waals surface area (Å²) in [5, 5.41) is 3.24. The summed E-state index contributed by atoms with van der Waals surface area (Å²) in [6, 6.07) is 0.454. The van der Waals surface area contributed by atoms with E-state index in [2.05, 4.69) is 10.3 Å². The lowest BCUT2D eigenvalue weighted by molar-refractivity contribution is 0.412. The summed E-state index contributed by atoms with van der Waals surface area (Å²) in [5.74, 6) is 1.21. The van der Waals surface area contributed by atoms with Crippen LogP contribution in [-0.2, 0) is 9.84 Å². The van der Waals surface area contributed by atoms with E-state index in [0.29, 0.717) is 24.3 Å². The third-order valence-electron chi connectivity index (χ3n) is 3.80. The zero-order valence-electron chi connectivity index (χ0n) is 10.8. The minimum absolute atomic E-state index is 0.154. The van der Waals surface area contributed by atoms with Gasteiger partial charge in [0.25, 0.3) is 0 Å². The van der Waals surface area contributed by atoms with Crippen molar-refractivity contribution in [2.24, 2.45) is 16.6 Å². The molecule has 2 fully saturated rings. The predicted octanol–water partition coefficient (Wildman–Crippen LogP) is 0.658. The van der Waals surface area contributed by atoms with Crippen LogP contribution in [0, 0.1) is 5.92 Å². The smallest absolute Gasteiger partial charge is 0.188 e. The third-order valence-corrected chi connectivity index (χ3v) is 5.64. The second-order valence-electron chi connectivity index (χ2n) is 5.47. The van der Waals surface area contributed by atoms with Crippen LogP contribution in [0.1, 0.15) is 38.5 Å². The Labute approximate surface area is 109 Å². The second-order valence-corrected chi connectivity index (χ2v) is 7.70. The molecule has 3 N–H and O–H groups in total. The summed E-state index contributed by atoms with van der Waals surface area (Å²) >= 11 is 0. The summed E-state index contributed by atoms with van der Waals surface area (Å²) in [6.45, 7) is 0.533. The molecule has 2 rings (SSSR count). The normalized spacial score (nSPS) is 29.3. The van der Waals surface area contributed by atoms with Crippen molar-refractivity contribution in [1.29, 1.82) is 0 Å². The van der Waals surface area contributed by atoms with Gasteiger partial charge in [-0.1, -0.05) is 19.3 Å². The number of sulfone groups is 1. The van der Waals surface area contributed by atoms with Crippen LogP contribution >= 0.6 is 0 Å². The molecule has 1 saturated carbocycles. The van der Waals surface area contributed by atoms with Gasteiger partial charge in [0.05, 0.1) is 11.5 Å². The molecule has 5 nitrogen and oxygen atoms in total. The van der Waals surface area contributed by atoms with Gasteiger partial charge >= 0.3 is 0 Å². The minimum atomic E-state index is -2.80. The molecule has 104 valence electrons. The quantitative estimate of drug-likeness (QED) is 0.584. The maximum absolute atomic E-state index is 11.3. The number of hydrogen-bond donors (Lipinski definition) is 2. The van der Waals surface area contributed by atoms with E-state index in [9.17, 15) is 8.42 Å². The molecule has 1 saturated heterocycles. The molecule has 2 aliphatic rings. The molecule has 1 aliphatic heterocycles. The highest BCUT2D eigenvalue weighted by atomic mass is 32.2. The minimum Gasteiger partial charge on any atom is -0.370 e. The molecule has 0 radical (unpaired) electrons. The Balaban J connectivity index is 1.75. The van der Waals surface area contributed by atoms with E-state index in [1.165, 1.54) is 19.3 Å². The molecule has 1 aliphatic carbocycles. The Hall–Kier alpha value is -0.780. The SMILES string of the molecule is NC(=NCC1CCS(=O)(=O)C1)NC1CCCCC1. The van der Waals surface area contributed by atoms with E-state index >= 15 is 0 Å². The molecular formula is C12H23N3O2S. The maximum atomic E-state index is 11.3. The molecule has 0 amide bonds. The van der Waals surface area contributed by atoms with Crippen molar-refractivity contribution in [2.75, 3.05) is 18.1 Å². The predicted molar refractivity (Wildman–Crippen MR) is 73.3 cm³/mol. The molecule has 6 heteroatoms. The number of aliphatic imine (C=N–C) groups is 1. The number of nitrogens with one attached hydrogen (secondary N) is 1. The number of nitrogens with zero attached hydrogens (tertiary/aromatic N) is 1. The fourth-order valence-electron chi connectivity index (χ4n) is 2.75. The summed E-state index contributed by atoms with van der Waals surface area (Å²) in [6.07, 6.45) is 6.87. The lowest BCUT2D eigenvalue weighted by Gasteiger charge is -2.23. The molecule has 1 unspecified atom stereocenters. The zero-order valence-corrected chi connectivity index (χ0v) is 11.6. The topological polar surface area (TPSA) is 84.5 Å². The standard InChI is InChI=1S/C12H23N3O2S/c13-12(15-11-4-2-1-3-5-11)14-8-10-6-7-18(16,17)9-10/h10-11H,1-9H2,(H3,13,14,15). The van der Waals surface area contributed by atoms with Crippen molar-refractivity contribution in [3.63, 3.8) is 0 Å². The second kappa shape index (κ2) is 5.91. The highest BCUT2D eigenvalue weighted by molar-refractivity contribution is 7.91. The molecule has 18 heavy (non-hydrogen) atoms. The molecule has 0 aromatic heterocycles. The third kappa shape index (κ3) is 4.15. The van der Waals surface area contributed by atoms with E-state index < -0.39 is 9.84 Å². The lowest BCUT2D eigenvalue weighted by Crippen LogP contribution is -2.41. The zero-order chi connectivity index (χ0) is 13.0. The monoisotopic (exact) mass is 273 g/mol. The van der Waals surface area contributed by atoms with E-state index in [1.807, 2.05) is 0 Å². The van der Waals surface area contributed by atoms with E-state index in [-0.39, 0.29) is 11.7 Å². The van der Waals surface area contributed by atoms with Crippen LogP contribution in [0.4, 0.5) is 0 Å². The van der Waals surface area contributed by atoms with Crippen LogP contribution in [0.25, 0.3) is 0 Å². The Bertz CT molecular complexity index is 400.